The molecular formula is C14H22ClN5. The first kappa shape index (κ1) is 14.0. The summed E-state index contributed by atoms with van der Waals surface area (Å²) in [5, 5.41) is 0.576. The summed E-state index contributed by atoms with van der Waals surface area (Å²) < 4.78 is 0. The molecular weight excluding hydrogens is 274 g/mol. The number of nitrogens with zero attached hydrogens (tertiary/aromatic N) is 3. The molecule has 110 valence electrons. The maximum Gasteiger partial charge on any atom is 0.225 e. The molecule has 0 bridgehead atoms. The summed E-state index contributed by atoms with van der Waals surface area (Å²) in [5.74, 6) is 2.02. The standard InChI is InChI=1S/C14H22ClN5/c15-12-8-18-13(19-9-12)20-5-2-10(3-6-20)14(17)7-11(14)1-4-16/h8-11H,1-7,16-17H2/t11-,14+/m1/s1. The van der Waals surface area contributed by atoms with E-state index in [1.807, 2.05) is 0 Å². The average molecular weight is 296 g/mol. The fraction of sp³-hybridized carbons (Fsp3) is 0.714. The number of rotatable bonds is 4. The zero-order chi connectivity index (χ0) is 14.2. The molecule has 4 N–H and O–H groups in total. The second-order valence-electron chi connectivity index (χ2n) is 6.05. The average Bonchev–Trinajstić information content (AvgIpc) is 3.12. The zero-order valence-corrected chi connectivity index (χ0v) is 12.4. The van der Waals surface area contributed by atoms with Crippen molar-refractivity contribution in [3.8, 4) is 0 Å². The summed E-state index contributed by atoms with van der Waals surface area (Å²) >= 11 is 5.82. The molecule has 1 aliphatic carbocycles. The second-order valence-corrected chi connectivity index (χ2v) is 6.49. The topological polar surface area (TPSA) is 81.1 Å². The molecule has 20 heavy (non-hydrogen) atoms. The molecule has 1 aromatic heterocycles. The molecule has 3 rings (SSSR count). The number of piperidine rings is 1. The van der Waals surface area contributed by atoms with Crippen molar-refractivity contribution in [3.63, 3.8) is 0 Å². The molecule has 1 aromatic rings. The van der Waals surface area contributed by atoms with E-state index in [0.717, 1.165) is 51.3 Å². The third-order valence-electron chi connectivity index (χ3n) is 4.86. The summed E-state index contributed by atoms with van der Waals surface area (Å²) in [4.78, 5) is 10.8. The first-order valence-corrected chi connectivity index (χ1v) is 7.72. The molecule has 0 amide bonds. The molecule has 1 saturated heterocycles. The normalized spacial score (nSPS) is 30.6. The molecule has 1 aliphatic heterocycles. The second kappa shape index (κ2) is 5.47. The van der Waals surface area contributed by atoms with Crippen LogP contribution in [0.15, 0.2) is 12.4 Å². The Kier molecular flexibility index (Phi) is 3.84. The third-order valence-corrected chi connectivity index (χ3v) is 5.05. The zero-order valence-electron chi connectivity index (χ0n) is 11.6. The van der Waals surface area contributed by atoms with Gasteiger partial charge in [-0.2, -0.15) is 0 Å². The Morgan fingerprint density at radius 3 is 2.55 bits per heavy atom. The lowest BCUT2D eigenvalue weighted by atomic mass is 9.86. The minimum Gasteiger partial charge on any atom is -0.341 e. The Morgan fingerprint density at radius 1 is 1.30 bits per heavy atom. The smallest absolute Gasteiger partial charge is 0.225 e. The number of halogens is 1. The van der Waals surface area contributed by atoms with E-state index in [9.17, 15) is 0 Å². The van der Waals surface area contributed by atoms with Gasteiger partial charge in [-0.3, -0.25) is 0 Å². The van der Waals surface area contributed by atoms with Crippen molar-refractivity contribution in [2.75, 3.05) is 24.5 Å². The largest absolute Gasteiger partial charge is 0.341 e. The van der Waals surface area contributed by atoms with Gasteiger partial charge >= 0.3 is 0 Å². The van der Waals surface area contributed by atoms with Crippen LogP contribution in [0.25, 0.3) is 0 Å². The van der Waals surface area contributed by atoms with Gasteiger partial charge in [0.25, 0.3) is 0 Å². The first-order chi connectivity index (χ1) is 9.63. The van der Waals surface area contributed by atoms with Crippen molar-refractivity contribution in [1.29, 1.82) is 0 Å². The number of aromatic nitrogens is 2. The van der Waals surface area contributed by atoms with Crippen molar-refractivity contribution in [2.45, 2.75) is 31.2 Å². The van der Waals surface area contributed by atoms with Crippen LogP contribution >= 0.6 is 11.6 Å². The van der Waals surface area contributed by atoms with E-state index in [1.165, 1.54) is 0 Å². The Hall–Kier alpha value is -0.910. The highest BCUT2D eigenvalue weighted by Crippen LogP contribution is 2.51. The number of hydrogen-bond donors (Lipinski definition) is 2. The van der Waals surface area contributed by atoms with Gasteiger partial charge in [-0.15, -0.1) is 0 Å². The van der Waals surface area contributed by atoms with Gasteiger partial charge in [0, 0.05) is 18.6 Å². The van der Waals surface area contributed by atoms with Crippen molar-refractivity contribution < 1.29 is 0 Å². The van der Waals surface area contributed by atoms with E-state index in [0.29, 0.717) is 16.9 Å². The minimum atomic E-state index is 0.0479. The van der Waals surface area contributed by atoms with Gasteiger partial charge in [-0.1, -0.05) is 11.6 Å². The van der Waals surface area contributed by atoms with E-state index in [1.54, 1.807) is 12.4 Å². The third kappa shape index (κ3) is 2.62. The van der Waals surface area contributed by atoms with Crippen LogP contribution in [0.2, 0.25) is 5.02 Å². The molecule has 2 aliphatic rings. The molecule has 1 saturated carbocycles. The summed E-state index contributed by atoms with van der Waals surface area (Å²) in [7, 11) is 0. The van der Waals surface area contributed by atoms with Gasteiger partial charge in [0.15, 0.2) is 0 Å². The van der Waals surface area contributed by atoms with Gasteiger partial charge in [-0.05, 0) is 44.1 Å². The molecule has 0 spiro atoms. The molecule has 2 heterocycles. The van der Waals surface area contributed by atoms with Crippen LogP contribution < -0.4 is 16.4 Å². The van der Waals surface area contributed by atoms with E-state index in [-0.39, 0.29) is 5.54 Å². The highest BCUT2D eigenvalue weighted by atomic mass is 35.5. The van der Waals surface area contributed by atoms with Gasteiger partial charge in [0.2, 0.25) is 5.95 Å². The fourth-order valence-corrected chi connectivity index (χ4v) is 3.62. The van der Waals surface area contributed by atoms with Crippen LogP contribution in [0.4, 0.5) is 5.95 Å². The maximum atomic E-state index is 6.53. The Morgan fingerprint density at radius 2 is 1.95 bits per heavy atom. The monoisotopic (exact) mass is 295 g/mol. The molecule has 5 nitrogen and oxygen atoms in total. The van der Waals surface area contributed by atoms with Crippen LogP contribution in [-0.4, -0.2) is 35.1 Å². The van der Waals surface area contributed by atoms with Crippen LogP contribution in [0.5, 0.6) is 0 Å². The van der Waals surface area contributed by atoms with Crippen LogP contribution in [0, 0.1) is 11.8 Å². The summed E-state index contributed by atoms with van der Waals surface area (Å²) in [6.07, 6.45) is 7.74. The van der Waals surface area contributed by atoms with Crippen LogP contribution in [0.3, 0.4) is 0 Å². The van der Waals surface area contributed by atoms with E-state index in [4.69, 9.17) is 23.1 Å². The summed E-state index contributed by atoms with van der Waals surface area (Å²) in [6.45, 7) is 2.70. The van der Waals surface area contributed by atoms with Gasteiger partial charge in [0.05, 0.1) is 17.4 Å². The lowest BCUT2D eigenvalue weighted by Crippen LogP contribution is -2.44. The lowest BCUT2D eigenvalue weighted by molar-refractivity contribution is 0.303. The summed E-state index contributed by atoms with van der Waals surface area (Å²) in [6, 6.07) is 0. The quantitative estimate of drug-likeness (QED) is 0.878. The van der Waals surface area contributed by atoms with Crippen molar-refractivity contribution in [2.24, 2.45) is 23.3 Å². The predicted molar refractivity (Wildman–Crippen MR) is 80.7 cm³/mol. The summed E-state index contributed by atoms with van der Waals surface area (Å²) in [5.41, 5.74) is 12.2. The molecule has 0 radical (unpaired) electrons. The highest BCUT2D eigenvalue weighted by Gasteiger charge is 2.55. The van der Waals surface area contributed by atoms with Crippen molar-refractivity contribution in [1.82, 2.24) is 9.97 Å². The highest BCUT2D eigenvalue weighted by molar-refractivity contribution is 6.30. The number of hydrogen-bond acceptors (Lipinski definition) is 5. The van der Waals surface area contributed by atoms with Gasteiger partial charge in [-0.25, -0.2) is 9.97 Å². The van der Waals surface area contributed by atoms with Crippen molar-refractivity contribution in [3.05, 3.63) is 17.4 Å². The number of anilines is 1. The van der Waals surface area contributed by atoms with E-state index < -0.39 is 0 Å². The predicted octanol–water partition coefficient (Wildman–Crippen LogP) is 1.41. The molecule has 2 atom stereocenters. The lowest BCUT2D eigenvalue weighted by Gasteiger charge is -2.35. The van der Waals surface area contributed by atoms with Crippen LogP contribution in [-0.2, 0) is 0 Å². The molecule has 2 fully saturated rings. The van der Waals surface area contributed by atoms with Gasteiger partial charge in [0.1, 0.15) is 0 Å². The first-order valence-electron chi connectivity index (χ1n) is 7.35. The number of nitrogens with two attached hydrogens (primary N) is 2. The van der Waals surface area contributed by atoms with E-state index in [2.05, 4.69) is 14.9 Å². The fourth-order valence-electron chi connectivity index (χ4n) is 3.53. The Bertz CT molecular complexity index is 457. The minimum absolute atomic E-state index is 0.0479. The van der Waals surface area contributed by atoms with Crippen LogP contribution in [0.1, 0.15) is 25.7 Å². The van der Waals surface area contributed by atoms with Gasteiger partial charge < -0.3 is 16.4 Å². The molecule has 0 aromatic carbocycles. The SMILES string of the molecule is NCC[C@@H]1C[C@]1(N)C1CCN(c2ncc(Cl)cn2)CC1. The maximum absolute atomic E-state index is 6.53. The Labute approximate surface area is 124 Å². The Balaban J connectivity index is 1.56. The molecule has 0 unspecified atom stereocenters. The van der Waals surface area contributed by atoms with Crippen molar-refractivity contribution >= 4 is 17.5 Å². The van der Waals surface area contributed by atoms with E-state index >= 15 is 0 Å². The molecule has 6 heteroatoms.